The molecule has 0 radical (unpaired) electrons. The van der Waals surface area contributed by atoms with E-state index in [9.17, 15) is 19.8 Å². The fraction of sp³-hybridized carbons (Fsp3) is 0.375. The summed E-state index contributed by atoms with van der Waals surface area (Å²) in [5, 5.41) is 27.1. The molecule has 0 bridgehead atoms. The molecule has 1 unspecified atom stereocenters. The topological polar surface area (TPSA) is 137 Å². The zero-order valence-corrected chi connectivity index (χ0v) is 18.8. The maximum atomic E-state index is 12.5. The fourth-order valence-corrected chi connectivity index (χ4v) is 4.41. The number of primary amides is 1. The molecule has 2 heterocycles. The van der Waals surface area contributed by atoms with Crippen LogP contribution in [0.1, 0.15) is 49.3 Å². The summed E-state index contributed by atoms with van der Waals surface area (Å²) in [6.45, 7) is 5.61. The van der Waals surface area contributed by atoms with Crippen LogP contribution >= 0.6 is 0 Å². The molecule has 1 fully saturated rings. The van der Waals surface area contributed by atoms with Crippen LogP contribution in [0, 0.1) is 0 Å². The number of hydrogen-bond acceptors (Lipinski definition) is 6. The first-order chi connectivity index (χ1) is 15.7. The number of aromatic hydroxyl groups is 2. The summed E-state index contributed by atoms with van der Waals surface area (Å²) in [7, 11) is 0. The molecule has 0 aliphatic carbocycles. The van der Waals surface area contributed by atoms with Crippen LogP contribution in [0.5, 0.6) is 11.5 Å². The minimum atomic E-state index is -0.394. The molecule has 1 aliphatic heterocycles. The van der Waals surface area contributed by atoms with Crippen LogP contribution < -0.4 is 11.4 Å². The smallest absolute Gasteiger partial charge is 0.343 e. The van der Waals surface area contributed by atoms with Crippen LogP contribution in [0.4, 0.5) is 0 Å². The quantitative estimate of drug-likeness (QED) is 0.435. The lowest BCUT2D eigenvalue weighted by Crippen LogP contribution is -2.39. The van der Waals surface area contributed by atoms with Gasteiger partial charge in [0, 0.05) is 12.6 Å². The van der Waals surface area contributed by atoms with Crippen molar-refractivity contribution in [2.24, 2.45) is 5.73 Å². The first kappa shape index (κ1) is 22.6. The largest absolute Gasteiger partial charge is 0.508 e. The number of nitrogens with one attached hydrogen (secondary N) is 1. The van der Waals surface area contributed by atoms with E-state index in [4.69, 9.17) is 5.73 Å². The van der Waals surface area contributed by atoms with Crippen molar-refractivity contribution >= 4 is 5.91 Å². The summed E-state index contributed by atoms with van der Waals surface area (Å²) in [6, 6.07) is 10.5. The number of aromatic amines is 1. The van der Waals surface area contributed by atoms with Crippen molar-refractivity contribution in [3.8, 4) is 22.9 Å². The van der Waals surface area contributed by atoms with E-state index >= 15 is 0 Å². The van der Waals surface area contributed by atoms with Gasteiger partial charge in [-0.25, -0.2) is 9.89 Å². The number of nitrogens with two attached hydrogens (primary N) is 1. The van der Waals surface area contributed by atoms with Gasteiger partial charge in [0.15, 0.2) is 5.82 Å². The Kier molecular flexibility index (Phi) is 6.24. The molecule has 3 aromatic rings. The van der Waals surface area contributed by atoms with E-state index in [0.717, 1.165) is 30.5 Å². The van der Waals surface area contributed by atoms with Gasteiger partial charge < -0.3 is 15.9 Å². The van der Waals surface area contributed by atoms with Crippen LogP contribution in [-0.4, -0.2) is 48.4 Å². The number of benzene rings is 2. The third-order valence-corrected chi connectivity index (χ3v) is 6.21. The Labute approximate surface area is 191 Å². The van der Waals surface area contributed by atoms with Crippen molar-refractivity contribution in [3.63, 3.8) is 0 Å². The molecule has 1 amide bonds. The van der Waals surface area contributed by atoms with Crippen molar-refractivity contribution < 1.29 is 15.0 Å². The van der Waals surface area contributed by atoms with Gasteiger partial charge in [-0.15, -0.1) is 0 Å². The van der Waals surface area contributed by atoms with Crippen LogP contribution in [-0.2, 0) is 17.9 Å². The van der Waals surface area contributed by atoms with E-state index in [0.29, 0.717) is 23.5 Å². The lowest BCUT2D eigenvalue weighted by molar-refractivity contribution is -0.122. The van der Waals surface area contributed by atoms with Gasteiger partial charge in [0.25, 0.3) is 0 Å². The van der Waals surface area contributed by atoms with Gasteiger partial charge in [-0.1, -0.05) is 38.1 Å². The Morgan fingerprint density at radius 3 is 2.45 bits per heavy atom. The second-order valence-electron chi connectivity index (χ2n) is 8.87. The number of H-pyrrole nitrogens is 1. The molecule has 4 rings (SSSR count). The van der Waals surface area contributed by atoms with E-state index in [1.165, 1.54) is 10.6 Å². The normalized spacial score (nSPS) is 16.5. The summed E-state index contributed by atoms with van der Waals surface area (Å²) in [5.41, 5.74) is 8.09. The lowest BCUT2D eigenvalue weighted by Gasteiger charge is -2.21. The van der Waals surface area contributed by atoms with Crippen molar-refractivity contribution in [2.45, 2.75) is 51.7 Å². The number of rotatable bonds is 7. The minimum absolute atomic E-state index is 0.00264. The molecular weight excluding hydrogens is 422 g/mol. The standard InChI is InChI=1S/C24H29N5O4/c1-14(2)17-10-18(21(31)11-20(17)30)23-26-27-24(33)29(23)13-16-7-5-15(6-8-16)12-28-9-3-4-19(28)22(25)32/h5-8,10-11,14,19,30-31H,3-4,9,12-13H2,1-2H3,(H2,25,32)(H,27,33). The first-order valence-electron chi connectivity index (χ1n) is 11.1. The number of phenols is 2. The second kappa shape index (κ2) is 9.11. The van der Waals surface area contributed by atoms with E-state index < -0.39 is 5.69 Å². The molecule has 2 aromatic carbocycles. The van der Waals surface area contributed by atoms with Gasteiger partial charge in [0.2, 0.25) is 5.91 Å². The lowest BCUT2D eigenvalue weighted by atomic mass is 9.98. The molecule has 1 saturated heterocycles. The highest BCUT2D eigenvalue weighted by molar-refractivity contribution is 5.80. The highest BCUT2D eigenvalue weighted by Gasteiger charge is 2.28. The van der Waals surface area contributed by atoms with Crippen LogP contribution in [0.2, 0.25) is 0 Å². The number of likely N-dealkylation sites (tertiary alicyclic amines) is 1. The van der Waals surface area contributed by atoms with Gasteiger partial charge in [-0.3, -0.25) is 14.3 Å². The molecule has 1 aromatic heterocycles. The Morgan fingerprint density at radius 2 is 1.82 bits per heavy atom. The molecule has 5 N–H and O–H groups in total. The molecule has 174 valence electrons. The van der Waals surface area contributed by atoms with Gasteiger partial charge >= 0.3 is 5.69 Å². The highest BCUT2D eigenvalue weighted by atomic mass is 16.3. The predicted octanol–water partition coefficient (Wildman–Crippen LogP) is 2.27. The third-order valence-electron chi connectivity index (χ3n) is 6.21. The minimum Gasteiger partial charge on any atom is -0.508 e. The number of nitrogens with zero attached hydrogens (tertiary/aromatic N) is 3. The monoisotopic (exact) mass is 451 g/mol. The van der Waals surface area contributed by atoms with Crippen molar-refractivity contribution in [1.82, 2.24) is 19.7 Å². The number of carbonyl (C=O) groups excluding carboxylic acids is 1. The molecule has 0 saturated carbocycles. The van der Waals surface area contributed by atoms with Gasteiger partial charge in [-0.05, 0) is 48.1 Å². The Hall–Kier alpha value is -3.59. The van der Waals surface area contributed by atoms with E-state index in [-0.39, 0.29) is 35.9 Å². The maximum Gasteiger partial charge on any atom is 0.343 e. The van der Waals surface area contributed by atoms with Crippen LogP contribution in [0.3, 0.4) is 0 Å². The average molecular weight is 452 g/mol. The summed E-state index contributed by atoms with van der Waals surface area (Å²) < 4.78 is 1.45. The molecule has 33 heavy (non-hydrogen) atoms. The second-order valence-corrected chi connectivity index (χ2v) is 8.87. The Balaban J connectivity index is 1.57. The number of aromatic nitrogens is 3. The Bertz CT molecular complexity index is 1210. The number of phenolic OH excluding ortho intramolecular Hbond substituents is 2. The molecule has 1 aliphatic rings. The Morgan fingerprint density at radius 1 is 1.15 bits per heavy atom. The third kappa shape index (κ3) is 4.63. The number of hydrogen-bond donors (Lipinski definition) is 4. The number of amides is 1. The molecule has 1 atom stereocenters. The van der Waals surface area contributed by atoms with Crippen LogP contribution in [0.25, 0.3) is 11.4 Å². The predicted molar refractivity (Wildman–Crippen MR) is 124 cm³/mol. The fourth-order valence-electron chi connectivity index (χ4n) is 4.41. The summed E-state index contributed by atoms with van der Waals surface area (Å²) in [6.07, 6.45) is 1.75. The zero-order chi connectivity index (χ0) is 23.7. The highest BCUT2D eigenvalue weighted by Crippen LogP contribution is 2.36. The molecule has 9 nitrogen and oxygen atoms in total. The summed E-state index contributed by atoms with van der Waals surface area (Å²) in [5.74, 6) is -0.107. The van der Waals surface area contributed by atoms with Crippen molar-refractivity contribution in [1.29, 1.82) is 0 Å². The van der Waals surface area contributed by atoms with E-state index in [2.05, 4.69) is 15.1 Å². The molecule has 9 heteroatoms. The molecule has 0 spiro atoms. The number of carbonyl (C=O) groups is 1. The van der Waals surface area contributed by atoms with Gasteiger partial charge in [0.05, 0.1) is 18.2 Å². The average Bonchev–Trinajstić information content (AvgIpc) is 3.36. The van der Waals surface area contributed by atoms with E-state index in [1.54, 1.807) is 6.07 Å². The van der Waals surface area contributed by atoms with E-state index in [1.807, 2.05) is 38.1 Å². The van der Waals surface area contributed by atoms with Crippen LogP contribution in [0.15, 0.2) is 41.2 Å². The van der Waals surface area contributed by atoms with Gasteiger partial charge in [0.1, 0.15) is 11.5 Å². The SMILES string of the molecule is CC(C)c1cc(-c2n[nH]c(=O)n2Cc2ccc(CN3CCCC3C(N)=O)cc2)c(O)cc1O. The molecular formula is C24H29N5O4. The maximum absolute atomic E-state index is 12.5. The van der Waals surface area contributed by atoms with Crippen molar-refractivity contribution in [2.75, 3.05) is 6.54 Å². The zero-order valence-electron chi connectivity index (χ0n) is 18.8. The summed E-state index contributed by atoms with van der Waals surface area (Å²) >= 11 is 0. The van der Waals surface area contributed by atoms with Crippen molar-refractivity contribution in [3.05, 3.63) is 63.6 Å². The first-order valence-corrected chi connectivity index (χ1v) is 11.1. The van der Waals surface area contributed by atoms with Gasteiger partial charge in [-0.2, -0.15) is 5.10 Å². The summed E-state index contributed by atoms with van der Waals surface area (Å²) in [4.78, 5) is 26.2.